The summed E-state index contributed by atoms with van der Waals surface area (Å²) in [6.45, 7) is 7.76. The van der Waals surface area contributed by atoms with Gasteiger partial charge in [-0.2, -0.15) is 5.06 Å². The van der Waals surface area contributed by atoms with Crippen LogP contribution in [-0.4, -0.2) is 29.5 Å². The van der Waals surface area contributed by atoms with E-state index in [0.717, 1.165) is 12.1 Å². The van der Waals surface area contributed by atoms with Crippen molar-refractivity contribution in [2.75, 3.05) is 13.1 Å². The van der Waals surface area contributed by atoms with Gasteiger partial charge in [-0.05, 0) is 30.0 Å². The Hall–Kier alpha value is -1.89. The Kier molecular flexibility index (Phi) is 7.63. The van der Waals surface area contributed by atoms with E-state index in [1.807, 2.05) is 62.5 Å². The van der Waals surface area contributed by atoms with E-state index >= 15 is 0 Å². The monoisotopic (exact) mass is 376 g/mol. The predicted octanol–water partition coefficient (Wildman–Crippen LogP) is 4.84. The molecule has 0 bridgehead atoms. The molecular weight excluding hydrogens is 348 g/mol. The smallest absolute Gasteiger partial charge is 0.434 e. The van der Waals surface area contributed by atoms with Crippen molar-refractivity contribution < 1.29 is 14.7 Å². The maximum Gasteiger partial charge on any atom is 0.434 e. The van der Waals surface area contributed by atoms with E-state index in [1.165, 1.54) is 4.88 Å². The van der Waals surface area contributed by atoms with E-state index in [1.54, 1.807) is 11.3 Å². The van der Waals surface area contributed by atoms with Crippen molar-refractivity contribution in [3.8, 4) is 0 Å². The van der Waals surface area contributed by atoms with Crippen LogP contribution >= 0.6 is 11.3 Å². The summed E-state index contributed by atoms with van der Waals surface area (Å²) in [4.78, 5) is 13.5. The standard InChI is InChI=1S/C20H28N2O3S/c1-20(2,3)18(16-9-5-4-6-10-16)25-19(23)22(24)13-8-12-21-15-17-11-7-14-26-17/h4-7,9-11,14,18,21,24H,8,12-13,15H2,1-3H3. The summed E-state index contributed by atoms with van der Waals surface area (Å²) >= 11 is 1.70. The maximum absolute atomic E-state index is 12.3. The second-order valence-electron chi connectivity index (χ2n) is 7.27. The number of hydrogen-bond acceptors (Lipinski definition) is 5. The van der Waals surface area contributed by atoms with Crippen molar-refractivity contribution in [1.82, 2.24) is 10.4 Å². The lowest BCUT2D eigenvalue weighted by atomic mass is 9.84. The van der Waals surface area contributed by atoms with Gasteiger partial charge < -0.3 is 10.1 Å². The summed E-state index contributed by atoms with van der Waals surface area (Å²) in [7, 11) is 0. The van der Waals surface area contributed by atoms with E-state index in [2.05, 4.69) is 11.4 Å². The van der Waals surface area contributed by atoms with Gasteiger partial charge in [0.2, 0.25) is 0 Å². The van der Waals surface area contributed by atoms with Crippen LogP contribution < -0.4 is 5.32 Å². The molecule has 1 aromatic heterocycles. The highest BCUT2D eigenvalue weighted by molar-refractivity contribution is 7.09. The molecule has 2 aromatic rings. The Labute approximate surface area is 159 Å². The molecular formula is C20H28N2O3S. The maximum atomic E-state index is 12.3. The number of carbonyl (C=O) groups excluding carboxylic acids is 1. The Balaban J connectivity index is 1.78. The SMILES string of the molecule is CC(C)(C)C(OC(=O)N(O)CCCNCc1cccs1)c1ccccc1. The van der Waals surface area contributed by atoms with E-state index < -0.39 is 12.2 Å². The Morgan fingerprint density at radius 1 is 1.23 bits per heavy atom. The van der Waals surface area contributed by atoms with E-state index in [-0.39, 0.29) is 12.0 Å². The van der Waals surface area contributed by atoms with Gasteiger partial charge in [0.15, 0.2) is 0 Å². The van der Waals surface area contributed by atoms with Crippen LogP contribution in [0.15, 0.2) is 47.8 Å². The molecule has 2 N–H and O–H groups in total. The first-order valence-corrected chi connectivity index (χ1v) is 9.71. The fourth-order valence-electron chi connectivity index (χ4n) is 2.60. The Morgan fingerprint density at radius 2 is 1.96 bits per heavy atom. The topological polar surface area (TPSA) is 61.8 Å². The molecule has 2 rings (SSSR count). The third-order valence-corrected chi connectivity index (χ3v) is 4.80. The Bertz CT molecular complexity index is 653. The molecule has 0 saturated heterocycles. The third kappa shape index (κ3) is 6.44. The van der Waals surface area contributed by atoms with Crippen molar-refractivity contribution in [2.45, 2.75) is 39.8 Å². The number of hydroxylamine groups is 2. The van der Waals surface area contributed by atoms with Crippen molar-refractivity contribution in [3.63, 3.8) is 0 Å². The molecule has 5 nitrogen and oxygen atoms in total. The van der Waals surface area contributed by atoms with Gasteiger partial charge in [0, 0.05) is 16.8 Å². The second-order valence-corrected chi connectivity index (χ2v) is 8.31. The number of nitrogens with one attached hydrogen (secondary N) is 1. The molecule has 1 aromatic carbocycles. The van der Waals surface area contributed by atoms with Gasteiger partial charge in [0.1, 0.15) is 6.10 Å². The first kappa shape index (κ1) is 20.4. The van der Waals surface area contributed by atoms with Crippen molar-refractivity contribution in [2.24, 2.45) is 5.41 Å². The fraction of sp³-hybridized carbons (Fsp3) is 0.450. The molecule has 0 saturated carbocycles. The molecule has 1 atom stereocenters. The largest absolute Gasteiger partial charge is 0.439 e. The van der Waals surface area contributed by atoms with Crippen molar-refractivity contribution in [3.05, 3.63) is 58.3 Å². The van der Waals surface area contributed by atoms with Crippen LogP contribution in [0.25, 0.3) is 0 Å². The summed E-state index contributed by atoms with van der Waals surface area (Å²) in [5.41, 5.74) is 0.638. The highest BCUT2D eigenvalue weighted by Crippen LogP contribution is 2.36. The van der Waals surface area contributed by atoms with Crippen LogP contribution in [0.3, 0.4) is 0 Å². The van der Waals surface area contributed by atoms with Gasteiger partial charge in [-0.25, -0.2) is 4.79 Å². The van der Waals surface area contributed by atoms with Crippen LogP contribution in [0.2, 0.25) is 0 Å². The van der Waals surface area contributed by atoms with E-state index in [9.17, 15) is 10.0 Å². The van der Waals surface area contributed by atoms with E-state index in [4.69, 9.17) is 4.74 Å². The molecule has 1 unspecified atom stereocenters. The average molecular weight is 377 g/mol. The van der Waals surface area contributed by atoms with Crippen molar-refractivity contribution >= 4 is 17.4 Å². The molecule has 0 aliphatic heterocycles. The molecule has 6 heteroatoms. The van der Waals surface area contributed by atoms with E-state index in [0.29, 0.717) is 18.0 Å². The van der Waals surface area contributed by atoms with Gasteiger partial charge in [-0.15, -0.1) is 11.3 Å². The number of carbonyl (C=O) groups is 1. The Morgan fingerprint density at radius 3 is 2.58 bits per heavy atom. The summed E-state index contributed by atoms with van der Waals surface area (Å²) < 4.78 is 5.60. The highest BCUT2D eigenvalue weighted by Gasteiger charge is 2.31. The zero-order valence-electron chi connectivity index (χ0n) is 15.6. The molecule has 0 aliphatic carbocycles. The quantitative estimate of drug-likeness (QED) is 0.393. The summed E-state index contributed by atoms with van der Waals surface area (Å²) in [6.07, 6.45) is -0.502. The lowest BCUT2D eigenvalue weighted by Crippen LogP contribution is -2.34. The number of benzene rings is 1. The molecule has 142 valence electrons. The average Bonchev–Trinajstić information content (AvgIpc) is 3.12. The van der Waals surface area contributed by atoms with Gasteiger partial charge >= 0.3 is 6.09 Å². The molecule has 26 heavy (non-hydrogen) atoms. The molecule has 0 fully saturated rings. The molecule has 0 radical (unpaired) electrons. The number of nitrogens with zero attached hydrogens (tertiary/aromatic N) is 1. The lowest BCUT2D eigenvalue weighted by molar-refractivity contribution is -0.0959. The van der Waals surface area contributed by atoms with Crippen LogP contribution in [0, 0.1) is 5.41 Å². The first-order chi connectivity index (χ1) is 12.4. The van der Waals surface area contributed by atoms with Crippen LogP contribution in [0.5, 0.6) is 0 Å². The molecule has 0 spiro atoms. The second kappa shape index (κ2) is 9.71. The number of ether oxygens (including phenoxy) is 1. The minimum absolute atomic E-state index is 0.224. The van der Waals surface area contributed by atoms with Crippen LogP contribution in [0.4, 0.5) is 4.79 Å². The summed E-state index contributed by atoms with van der Waals surface area (Å²) in [5.74, 6) is 0. The summed E-state index contributed by atoms with van der Waals surface area (Å²) in [6, 6.07) is 13.7. The van der Waals surface area contributed by atoms with Gasteiger partial charge in [0.25, 0.3) is 0 Å². The minimum atomic E-state index is -0.716. The molecule has 0 aliphatic rings. The molecule has 1 amide bonds. The fourth-order valence-corrected chi connectivity index (χ4v) is 3.28. The molecule has 1 heterocycles. The van der Waals surface area contributed by atoms with Crippen molar-refractivity contribution in [1.29, 1.82) is 0 Å². The number of hydrogen-bond donors (Lipinski definition) is 2. The minimum Gasteiger partial charge on any atom is -0.439 e. The summed E-state index contributed by atoms with van der Waals surface area (Å²) in [5, 5.41) is 16.0. The van der Waals surface area contributed by atoms with Crippen LogP contribution in [-0.2, 0) is 11.3 Å². The van der Waals surface area contributed by atoms with Gasteiger partial charge in [-0.1, -0.05) is 57.2 Å². The predicted molar refractivity (Wildman–Crippen MR) is 104 cm³/mol. The lowest BCUT2D eigenvalue weighted by Gasteiger charge is -2.31. The normalized spacial score (nSPS) is 12.6. The van der Waals surface area contributed by atoms with Gasteiger partial charge in [-0.3, -0.25) is 5.21 Å². The zero-order chi connectivity index (χ0) is 19.0. The van der Waals surface area contributed by atoms with Gasteiger partial charge in [0.05, 0.1) is 6.54 Å². The number of thiophene rings is 1. The number of rotatable bonds is 8. The van der Waals surface area contributed by atoms with Crippen LogP contribution in [0.1, 0.15) is 43.7 Å². The third-order valence-electron chi connectivity index (χ3n) is 3.92. The highest BCUT2D eigenvalue weighted by atomic mass is 32.1. The first-order valence-electron chi connectivity index (χ1n) is 8.83. The number of amides is 1. The zero-order valence-corrected chi connectivity index (χ0v) is 16.5.